The van der Waals surface area contributed by atoms with Crippen LogP contribution in [0, 0.1) is 6.92 Å². The summed E-state index contributed by atoms with van der Waals surface area (Å²) < 4.78 is 23.4. The topological polar surface area (TPSA) is 93.1 Å². The minimum absolute atomic E-state index is 0.218. The molecule has 2 unspecified atom stereocenters. The Labute approximate surface area is 218 Å². The normalized spacial score (nSPS) is 16.1. The third kappa shape index (κ3) is 5.91. The molecule has 2 atom stereocenters. The molecule has 8 nitrogen and oxygen atoms in total. The van der Waals surface area contributed by atoms with Crippen LogP contribution in [0.1, 0.15) is 46.7 Å². The lowest BCUT2D eigenvalue weighted by atomic mass is 10.0. The van der Waals surface area contributed by atoms with Crippen LogP contribution in [0.2, 0.25) is 0 Å². The van der Waals surface area contributed by atoms with Gasteiger partial charge in [0.2, 0.25) is 6.86 Å². The summed E-state index contributed by atoms with van der Waals surface area (Å²) >= 11 is 1.12. The lowest BCUT2D eigenvalue weighted by molar-refractivity contribution is 0.0882. The first-order valence-electron chi connectivity index (χ1n) is 11.7. The first-order chi connectivity index (χ1) is 17.9. The van der Waals surface area contributed by atoms with Gasteiger partial charge < -0.3 is 14.8 Å². The number of hydrogen-bond acceptors (Lipinski definition) is 7. The Morgan fingerprint density at radius 3 is 2.59 bits per heavy atom. The van der Waals surface area contributed by atoms with Crippen molar-refractivity contribution >= 4 is 28.6 Å². The third-order valence-electron chi connectivity index (χ3n) is 5.79. The van der Waals surface area contributed by atoms with Crippen molar-refractivity contribution in [3.8, 4) is 11.5 Å². The summed E-state index contributed by atoms with van der Waals surface area (Å²) in [6.45, 7) is 2.90. The zero-order chi connectivity index (χ0) is 26.4. The highest BCUT2D eigenvalue weighted by molar-refractivity contribution is 8.14. The molecule has 0 radical (unpaired) electrons. The molecule has 0 spiro atoms. The number of carbonyl (C=O) groups is 2. The van der Waals surface area contributed by atoms with Gasteiger partial charge in [0.05, 0.1) is 18.1 Å². The number of hydrazone groups is 1. The van der Waals surface area contributed by atoms with Gasteiger partial charge >= 0.3 is 5.24 Å². The summed E-state index contributed by atoms with van der Waals surface area (Å²) in [5.41, 5.74) is 3.18. The zero-order valence-electron chi connectivity index (χ0n) is 20.7. The van der Waals surface area contributed by atoms with Gasteiger partial charge in [-0.3, -0.25) is 14.6 Å². The maximum absolute atomic E-state index is 13.3. The molecule has 192 valence electrons. The smallest absolute Gasteiger partial charge is 0.304 e. The van der Waals surface area contributed by atoms with Gasteiger partial charge in [-0.15, -0.1) is 0 Å². The number of pyridine rings is 1. The Balaban J connectivity index is 1.78. The number of methoxy groups -OCH3 is 1. The third-order valence-corrected chi connectivity index (χ3v) is 7.02. The molecule has 1 N–H and O–H groups in total. The lowest BCUT2D eigenvalue weighted by Crippen LogP contribution is -2.44. The van der Waals surface area contributed by atoms with Gasteiger partial charge in [-0.2, -0.15) is 10.1 Å². The van der Waals surface area contributed by atoms with E-state index in [1.54, 1.807) is 36.4 Å². The van der Waals surface area contributed by atoms with Crippen molar-refractivity contribution in [1.82, 2.24) is 15.3 Å². The number of aromatic nitrogens is 1. The summed E-state index contributed by atoms with van der Waals surface area (Å²) in [6.07, 6.45) is 1.27. The summed E-state index contributed by atoms with van der Waals surface area (Å²) in [7, 11) is 1.47. The number of aryl methyl sites for hydroxylation is 1. The summed E-state index contributed by atoms with van der Waals surface area (Å²) in [4.78, 5) is 30.5. The number of nitrogens with zero attached hydrogens (tertiary/aromatic N) is 3. The predicted molar refractivity (Wildman–Crippen MR) is 141 cm³/mol. The molecule has 0 bridgehead atoms. The molecular formula is C27H27FN4O4S. The van der Waals surface area contributed by atoms with Crippen molar-refractivity contribution in [3.05, 3.63) is 89.2 Å². The van der Waals surface area contributed by atoms with Gasteiger partial charge in [0.25, 0.3) is 5.91 Å². The number of carbonyl (C=O) groups excluding carboxylic acids is 2. The standard InChI is InChI=1S/C27H27FN4O4S/c1-4-23-24(19-12-13-21(35-3)22(15-19)36-16-28)31-32(27(34)37-23)25(18-10-8-17(2)9-11-18)30-26(33)20-7-5-6-14-29-20/h5-15,23,25H,4,16H2,1-3H3,(H,30,33). The highest BCUT2D eigenvalue weighted by Crippen LogP contribution is 2.36. The second kappa shape index (κ2) is 11.9. The van der Waals surface area contributed by atoms with Crippen LogP contribution in [0.5, 0.6) is 11.5 Å². The average molecular weight is 523 g/mol. The van der Waals surface area contributed by atoms with Crippen LogP contribution >= 0.6 is 11.8 Å². The van der Waals surface area contributed by atoms with E-state index in [1.807, 2.05) is 38.1 Å². The fourth-order valence-corrected chi connectivity index (χ4v) is 4.83. The van der Waals surface area contributed by atoms with Crippen molar-refractivity contribution in [2.45, 2.75) is 31.7 Å². The van der Waals surface area contributed by atoms with Gasteiger partial charge in [-0.1, -0.05) is 54.6 Å². The first kappa shape index (κ1) is 26.2. The van der Waals surface area contributed by atoms with E-state index in [4.69, 9.17) is 14.6 Å². The first-order valence-corrected chi connectivity index (χ1v) is 12.6. The quantitative estimate of drug-likeness (QED) is 0.400. The maximum Gasteiger partial charge on any atom is 0.304 e. The molecule has 10 heteroatoms. The Bertz CT molecular complexity index is 1290. The van der Waals surface area contributed by atoms with Crippen LogP contribution in [0.15, 0.2) is 72.0 Å². The second-order valence-electron chi connectivity index (χ2n) is 8.23. The van der Waals surface area contributed by atoms with Crippen LogP contribution in [0.25, 0.3) is 0 Å². The van der Waals surface area contributed by atoms with E-state index in [2.05, 4.69) is 10.3 Å². The van der Waals surface area contributed by atoms with Crippen molar-refractivity contribution < 1.29 is 23.5 Å². The number of thioether (sulfide) groups is 1. The largest absolute Gasteiger partial charge is 0.493 e. The molecule has 37 heavy (non-hydrogen) atoms. The summed E-state index contributed by atoms with van der Waals surface area (Å²) in [5, 5.41) is 8.37. The van der Waals surface area contributed by atoms with Gasteiger partial charge in [-0.05, 0) is 49.2 Å². The minimum atomic E-state index is -1.02. The number of ether oxygens (including phenoxy) is 2. The summed E-state index contributed by atoms with van der Waals surface area (Å²) in [6, 6.07) is 17.6. The SMILES string of the molecule is CCC1SC(=O)N(C(NC(=O)c2ccccn2)c2ccc(C)cc2)N=C1c1ccc(OC)c(OCF)c1. The van der Waals surface area contributed by atoms with Crippen molar-refractivity contribution in [3.63, 3.8) is 0 Å². The molecule has 0 fully saturated rings. The highest BCUT2D eigenvalue weighted by atomic mass is 32.2. The lowest BCUT2D eigenvalue weighted by Gasteiger charge is -2.34. The zero-order valence-corrected chi connectivity index (χ0v) is 21.5. The van der Waals surface area contributed by atoms with Crippen molar-refractivity contribution in [2.75, 3.05) is 14.0 Å². The fraction of sp³-hybridized carbons (Fsp3) is 0.259. The van der Waals surface area contributed by atoms with Gasteiger partial charge in [0.1, 0.15) is 5.69 Å². The second-order valence-corrected chi connectivity index (χ2v) is 9.39. The molecule has 0 aliphatic carbocycles. The number of nitrogens with one attached hydrogen (secondary N) is 1. The minimum Gasteiger partial charge on any atom is -0.493 e. The molecule has 0 saturated heterocycles. The van der Waals surface area contributed by atoms with Crippen LogP contribution in [0.4, 0.5) is 9.18 Å². The van der Waals surface area contributed by atoms with Crippen molar-refractivity contribution in [1.29, 1.82) is 0 Å². The molecule has 2 amide bonds. The van der Waals surface area contributed by atoms with E-state index in [9.17, 15) is 14.0 Å². The molecule has 2 heterocycles. The molecule has 1 aliphatic heterocycles. The molecule has 0 saturated carbocycles. The highest BCUT2D eigenvalue weighted by Gasteiger charge is 2.36. The Morgan fingerprint density at radius 2 is 1.95 bits per heavy atom. The van der Waals surface area contributed by atoms with Gasteiger partial charge in [0.15, 0.2) is 17.7 Å². The van der Waals surface area contributed by atoms with E-state index in [-0.39, 0.29) is 21.9 Å². The van der Waals surface area contributed by atoms with E-state index >= 15 is 0 Å². The molecule has 2 aromatic carbocycles. The number of rotatable bonds is 9. The monoisotopic (exact) mass is 522 g/mol. The van der Waals surface area contributed by atoms with Gasteiger partial charge in [-0.25, -0.2) is 4.39 Å². The maximum atomic E-state index is 13.3. The Hall–Kier alpha value is -3.92. The van der Waals surface area contributed by atoms with Crippen molar-refractivity contribution in [2.24, 2.45) is 5.10 Å². The van der Waals surface area contributed by atoms with Crippen LogP contribution in [-0.4, -0.2) is 46.1 Å². The molecule has 1 aromatic heterocycles. The molecule has 4 rings (SSSR count). The average Bonchev–Trinajstić information content (AvgIpc) is 2.93. The number of hydrogen-bond donors (Lipinski definition) is 1. The Morgan fingerprint density at radius 1 is 1.16 bits per heavy atom. The van der Waals surface area contributed by atoms with Crippen LogP contribution in [0.3, 0.4) is 0 Å². The summed E-state index contributed by atoms with van der Waals surface area (Å²) in [5.74, 6) is 0.167. The molecular weight excluding hydrogens is 495 g/mol. The number of alkyl halides is 1. The molecule has 3 aromatic rings. The predicted octanol–water partition coefficient (Wildman–Crippen LogP) is 5.48. The van der Waals surface area contributed by atoms with E-state index < -0.39 is 18.9 Å². The molecule has 1 aliphatic rings. The number of halogens is 1. The van der Waals surface area contributed by atoms with Crippen LogP contribution in [-0.2, 0) is 0 Å². The fourth-order valence-electron chi connectivity index (χ4n) is 3.87. The van der Waals surface area contributed by atoms with Crippen LogP contribution < -0.4 is 14.8 Å². The Kier molecular flexibility index (Phi) is 8.39. The van der Waals surface area contributed by atoms with E-state index in [1.165, 1.54) is 18.3 Å². The van der Waals surface area contributed by atoms with E-state index in [0.29, 0.717) is 29.0 Å². The van der Waals surface area contributed by atoms with Gasteiger partial charge in [0, 0.05) is 11.8 Å². The number of benzene rings is 2. The number of amides is 2. The van der Waals surface area contributed by atoms with E-state index in [0.717, 1.165) is 17.3 Å².